The molecule has 0 unspecified atom stereocenters. The fourth-order valence-electron chi connectivity index (χ4n) is 1.95. The Bertz CT molecular complexity index is 613. The number of hydrogen-bond donors (Lipinski definition) is 1. The number of thiophene rings is 1. The normalized spacial score (nSPS) is 12.2. The maximum Gasteiger partial charge on any atom is 0.354 e. The predicted octanol–water partition coefficient (Wildman–Crippen LogP) is 3.02. The first-order valence-electron chi connectivity index (χ1n) is 5.62. The molecule has 1 N–H and O–H groups in total. The summed E-state index contributed by atoms with van der Waals surface area (Å²) in [5.74, 6) is -0.342. The molecule has 0 bridgehead atoms. The van der Waals surface area contributed by atoms with Crippen LogP contribution in [0.4, 0.5) is 0 Å². The van der Waals surface area contributed by atoms with Crippen LogP contribution in [0.25, 0.3) is 15.7 Å². The van der Waals surface area contributed by atoms with Gasteiger partial charge in [-0.25, -0.2) is 4.79 Å². The number of nitrogens with one attached hydrogen (secondary N) is 1. The fourth-order valence-corrected chi connectivity index (χ4v) is 2.96. The molecule has 0 saturated heterocycles. The first-order valence-corrected chi connectivity index (χ1v) is 6.50. The van der Waals surface area contributed by atoms with Crippen LogP contribution in [0.1, 0.15) is 12.5 Å². The quantitative estimate of drug-likeness (QED) is 0.682. The standard InChI is InChI=1S/C14H15NO2S/c1-9(13(15-2)14(16)17-3)11-8-18-12-7-5-4-6-10(11)12/h4-8,15H,1-3H3/b13-9-. The SMILES string of the molecule is CN/C(C(=O)OC)=C(/C)c1csc2ccccc12. The zero-order chi connectivity index (χ0) is 13.1. The van der Waals surface area contributed by atoms with Crippen LogP contribution in [-0.4, -0.2) is 20.1 Å². The molecule has 1 heterocycles. The van der Waals surface area contributed by atoms with Crippen LogP contribution in [0, 0.1) is 0 Å². The summed E-state index contributed by atoms with van der Waals surface area (Å²) < 4.78 is 5.99. The minimum atomic E-state index is -0.342. The van der Waals surface area contributed by atoms with Crippen LogP contribution >= 0.6 is 11.3 Å². The van der Waals surface area contributed by atoms with Gasteiger partial charge in [-0.05, 0) is 29.5 Å². The number of fused-ring (bicyclic) bond motifs is 1. The molecule has 0 radical (unpaired) electrons. The number of hydrogen-bond acceptors (Lipinski definition) is 4. The third-order valence-electron chi connectivity index (χ3n) is 2.90. The highest BCUT2D eigenvalue weighted by Gasteiger charge is 2.15. The number of ether oxygens (including phenoxy) is 1. The van der Waals surface area contributed by atoms with Crippen LogP contribution in [-0.2, 0) is 9.53 Å². The minimum Gasteiger partial charge on any atom is -0.464 e. The van der Waals surface area contributed by atoms with E-state index in [0.29, 0.717) is 5.70 Å². The molecule has 0 aliphatic carbocycles. The van der Waals surface area contributed by atoms with E-state index in [1.54, 1.807) is 18.4 Å². The molecule has 0 fully saturated rings. The van der Waals surface area contributed by atoms with Crippen molar-refractivity contribution in [2.75, 3.05) is 14.2 Å². The molecular formula is C14H15NO2S. The molecule has 1 aromatic carbocycles. The highest BCUT2D eigenvalue weighted by Crippen LogP contribution is 2.31. The predicted molar refractivity (Wildman–Crippen MR) is 75.5 cm³/mol. The van der Waals surface area contributed by atoms with Crippen molar-refractivity contribution in [2.24, 2.45) is 0 Å². The van der Waals surface area contributed by atoms with Crippen molar-refractivity contribution in [1.29, 1.82) is 0 Å². The van der Waals surface area contributed by atoms with Gasteiger partial charge in [-0.3, -0.25) is 0 Å². The highest BCUT2D eigenvalue weighted by molar-refractivity contribution is 7.17. The molecule has 0 saturated carbocycles. The summed E-state index contributed by atoms with van der Waals surface area (Å²) >= 11 is 1.68. The maximum absolute atomic E-state index is 11.7. The van der Waals surface area contributed by atoms with Gasteiger partial charge in [0, 0.05) is 17.1 Å². The van der Waals surface area contributed by atoms with E-state index in [1.165, 1.54) is 11.8 Å². The molecule has 0 spiro atoms. The Labute approximate surface area is 110 Å². The zero-order valence-electron chi connectivity index (χ0n) is 10.6. The molecule has 1 aromatic heterocycles. The second-order valence-electron chi connectivity index (χ2n) is 3.89. The van der Waals surface area contributed by atoms with E-state index in [0.717, 1.165) is 16.5 Å². The second kappa shape index (κ2) is 5.23. The Balaban J connectivity index is 2.59. The van der Waals surface area contributed by atoms with Crippen LogP contribution in [0.3, 0.4) is 0 Å². The summed E-state index contributed by atoms with van der Waals surface area (Å²) in [7, 11) is 3.11. The number of likely N-dealkylation sites (N-methyl/N-ethyl adjacent to an activating group) is 1. The van der Waals surface area contributed by atoms with Crippen molar-refractivity contribution in [1.82, 2.24) is 5.32 Å². The number of carbonyl (C=O) groups is 1. The number of carbonyl (C=O) groups excluding carboxylic acids is 1. The van der Waals surface area contributed by atoms with Crippen LogP contribution in [0.15, 0.2) is 35.3 Å². The van der Waals surface area contributed by atoms with Crippen molar-refractivity contribution in [2.45, 2.75) is 6.92 Å². The van der Waals surface area contributed by atoms with Gasteiger partial charge in [-0.15, -0.1) is 11.3 Å². The first-order chi connectivity index (χ1) is 8.69. The van der Waals surface area contributed by atoms with Gasteiger partial charge in [0.25, 0.3) is 0 Å². The minimum absolute atomic E-state index is 0.342. The van der Waals surface area contributed by atoms with Gasteiger partial charge in [-0.2, -0.15) is 0 Å². The topological polar surface area (TPSA) is 38.3 Å². The third-order valence-corrected chi connectivity index (χ3v) is 3.86. The monoisotopic (exact) mass is 261 g/mol. The maximum atomic E-state index is 11.7. The largest absolute Gasteiger partial charge is 0.464 e. The number of rotatable bonds is 3. The number of allylic oxidation sites excluding steroid dienone is 1. The average Bonchev–Trinajstić information content (AvgIpc) is 2.82. The van der Waals surface area contributed by atoms with Crippen molar-refractivity contribution in [3.63, 3.8) is 0 Å². The van der Waals surface area contributed by atoms with Gasteiger partial charge < -0.3 is 10.1 Å². The van der Waals surface area contributed by atoms with Gasteiger partial charge in [0.05, 0.1) is 7.11 Å². The van der Waals surface area contributed by atoms with Gasteiger partial charge in [0.2, 0.25) is 0 Å². The summed E-state index contributed by atoms with van der Waals surface area (Å²) in [6.45, 7) is 1.93. The lowest BCUT2D eigenvalue weighted by Crippen LogP contribution is -2.18. The molecule has 4 heteroatoms. The molecule has 0 amide bonds. The van der Waals surface area contributed by atoms with Crippen molar-refractivity contribution >= 4 is 33.0 Å². The van der Waals surface area contributed by atoms with E-state index in [4.69, 9.17) is 4.74 Å². The molecule has 18 heavy (non-hydrogen) atoms. The van der Waals surface area contributed by atoms with E-state index in [-0.39, 0.29) is 5.97 Å². The number of esters is 1. The van der Waals surface area contributed by atoms with Gasteiger partial charge in [0.1, 0.15) is 5.70 Å². The van der Waals surface area contributed by atoms with Gasteiger partial charge >= 0.3 is 5.97 Å². The summed E-state index contributed by atoms with van der Waals surface area (Å²) in [6.07, 6.45) is 0. The molecule has 94 valence electrons. The molecule has 0 aliphatic heterocycles. The average molecular weight is 261 g/mol. The number of benzene rings is 1. The Morgan fingerprint density at radius 2 is 2.06 bits per heavy atom. The lowest BCUT2D eigenvalue weighted by molar-refractivity contribution is -0.136. The summed E-state index contributed by atoms with van der Waals surface area (Å²) in [5, 5.41) is 6.15. The van der Waals surface area contributed by atoms with Gasteiger partial charge in [0.15, 0.2) is 0 Å². The van der Waals surface area contributed by atoms with E-state index in [2.05, 4.69) is 22.8 Å². The van der Waals surface area contributed by atoms with E-state index in [1.807, 2.05) is 19.1 Å². The molecule has 2 aromatic rings. The molecule has 0 aliphatic rings. The smallest absolute Gasteiger partial charge is 0.354 e. The number of methoxy groups -OCH3 is 1. The van der Waals surface area contributed by atoms with Crippen LogP contribution in [0.5, 0.6) is 0 Å². The van der Waals surface area contributed by atoms with Crippen LogP contribution in [0.2, 0.25) is 0 Å². The second-order valence-corrected chi connectivity index (χ2v) is 4.80. The van der Waals surface area contributed by atoms with E-state index in [9.17, 15) is 4.79 Å². The third kappa shape index (κ3) is 2.11. The summed E-state index contributed by atoms with van der Waals surface area (Å²) in [5.41, 5.74) is 2.48. The molecular weight excluding hydrogens is 246 g/mol. The molecule has 0 atom stereocenters. The van der Waals surface area contributed by atoms with Crippen molar-refractivity contribution < 1.29 is 9.53 Å². The first kappa shape index (κ1) is 12.6. The van der Waals surface area contributed by atoms with Gasteiger partial charge in [-0.1, -0.05) is 18.2 Å². The van der Waals surface area contributed by atoms with Crippen LogP contribution < -0.4 is 5.32 Å². The highest BCUT2D eigenvalue weighted by atomic mass is 32.1. The van der Waals surface area contributed by atoms with E-state index < -0.39 is 0 Å². The summed E-state index contributed by atoms with van der Waals surface area (Å²) in [4.78, 5) is 11.7. The summed E-state index contributed by atoms with van der Waals surface area (Å²) in [6, 6.07) is 8.16. The zero-order valence-corrected chi connectivity index (χ0v) is 11.4. The fraction of sp³-hybridized carbons (Fsp3) is 0.214. The Morgan fingerprint density at radius 3 is 2.72 bits per heavy atom. The Kier molecular flexibility index (Phi) is 3.67. The Morgan fingerprint density at radius 1 is 1.33 bits per heavy atom. The molecule has 2 rings (SSSR count). The lowest BCUT2D eigenvalue weighted by atomic mass is 10.0. The van der Waals surface area contributed by atoms with E-state index >= 15 is 0 Å². The van der Waals surface area contributed by atoms with Crippen molar-refractivity contribution in [3.05, 3.63) is 40.9 Å². The lowest BCUT2D eigenvalue weighted by Gasteiger charge is -2.09. The molecule has 3 nitrogen and oxygen atoms in total. The Hall–Kier alpha value is -1.81. The van der Waals surface area contributed by atoms with Crippen molar-refractivity contribution in [3.8, 4) is 0 Å².